The predicted molar refractivity (Wildman–Crippen MR) is 130 cm³/mol. The Morgan fingerprint density at radius 2 is 1.74 bits per heavy atom. The van der Waals surface area contributed by atoms with E-state index in [-0.39, 0.29) is 12.8 Å². The van der Waals surface area contributed by atoms with Gasteiger partial charge in [-0.1, -0.05) is 54.6 Å². The minimum absolute atomic E-state index is 0.0451. The van der Waals surface area contributed by atoms with Crippen molar-refractivity contribution in [2.75, 3.05) is 7.11 Å². The van der Waals surface area contributed by atoms with Crippen molar-refractivity contribution in [3.8, 4) is 11.5 Å². The zero-order valence-electron chi connectivity index (χ0n) is 19.3. The average molecular weight is 461 g/mol. The standard InChI is InChI=1S/C28H28O6/c1-20-8-6-7-11-24(20)25(15-16-27(29)30)34-26-18-23(33-19-21-9-4-3-5-10-21)14-12-22(26)13-17-28(31)32-2/h3-14,17-18,25H,15-16,19H2,1-2H3,(H,29,30). The zero-order valence-corrected chi connectivity index (χ0v) is 19.3. The molecular weight excluding hydrogens is 432 g/mol. The average Bonchev–Trinajstić information content (AvgIpc) is 2.85. The maximum Gasteiger partial charge on any atom is 0.330 e. The Kier molecular flexibility index (Phi) is 8.86. The molecule has 0 amide bonds. The summed E-state index contributed by atoms with van der Waals surface area (Å²) in [5, 5.41) is 9.26. The van der Waals surface area contributed by atoms with Crippen LogP contribution in [0.15, 0.2) is 78.9 Å². The summed E-state index contributed by atoms with van der Waals surface area (Å²) in [5.41, 5.74) is 3.58. The van der Waals surface area contributed by atoms with E-state index >= 15 is 0 Å². The molecule has 176 valence electrons. The number of carbonyl (C=O) groups excluding carboxylic acids is 1. The highest BCUT2D eigenvalue weighted by molar-refractivity contribution is 5.87. The lowest BCUT2D eigenvalue weighted by atomic mass is 9.99. The molecule has 0 aliphatic heterocycles. The molecule has 0 bridgehead atoms. The van der Waals surface area contributed by atoms with Gasteiger partial charge in [0.1, 0.15) is 24.2 Å². The molecule has 0 spiro atoms. The number of carboxylic acids is 1. The number of ether oxygens (including phenoxy) is 3. The fourth-order valence-electron chi connectivity index (χ4n) is 3.44. The topological polar surface area (TPSA) is 82.1 Å². The fourth-order valence-corrected chi connectivity index (χ4v) is 3.44. The van der Waals surface area contributed by atoms with Gasteiger partial charge in [-0.2, -0.15) is 0 Å². The molecule has 0 aromatic heterocycles. The van der Waals surface area contributed by atoms with Crippen molar-refractivity contribution in [3.05, 3.63) is 101 Å². The van der Waals surface area contributed by atoms with E-state index in [2.05, 4.69) is 0 Å². The first-order valence-corrected chi connectivity index (χ1v) is 11.0. The van der Waals surface area contributed by atoms with Crippen molar-refractivity contribution in [1.29, 1.82) is 0 Å². The molecule has 6 heteroatoms. The number of carboxylic acid groups (broad SMARTS) is 1. The van der Waals surface area contributed by atoms with Gasteiger partial charge in [0.15, 0.2) is 0 Å². The molecule has 6 nitrogen and oxygen atoms in total. The molecule has 1 unspecified atom stereocenters. The van der Waals surface area contributed by atoms with Gasteiger partial charge in [-0.25, -0.2) is 4.79 Å². The number of carbonyl (C=O) groups is 2. The molecule has 0 heterocycles. The lowest BCUT2D eigenvalue weighted by Gasteiger charge is -2.22. The summed E-state index contributed by atoms with van der Waals surface area (Å²) in [6, 6.07) is 22.9. The summed E-state index contributed by atoms with van der Waals surface area (Å²) < 4.78 is 17.0. The number of hydrogen-bond donors (Lipinski definition) is 1. The number of benzene rings is 3. The molecule has 3 aromatic rings. The van der Waals surface area contributed by atoms with E-state index in [1.165, 1.54) is 13.2 Å². The van der Waals surface area contributed by atoms with Gasteiger partial charge in [-0.3, -0.25) is 4.79 Å². The Morgan fingerprint density at radius 1 is 1.00 bits per heavy atom. The van der Waals surface area contributed by atoms with Gasteiger partial charge in [0.25, 0.3) is 0 Å². The number of hydrogen-bond acceptors (Lipinski definition) is 5. The molecule has 1 N–H and O–H groups in total. The second kappa shape index (κ2) is 12.3. The van der Waals surface area contributed by atoms with E-state index in [0.29, 0.717) is 23.7 Å². The highest BCUT2D eigenvalue weighted by atomic mass is 16.5. The molecule has 0 aliphatic rings. The van der Waals surface area contributed by atoms with Crippen LogP contribution in [0.1, 0.15) is 41.2 Å². The lowest BCUT2D eigenvalue weighted by Crippen LogP contribution is -2.12. The molecule has 0 aliphatic carbocycles. The first-order chi connectivity index (χ1) is 16.5. The van der Waals surface area contributed by atoms with E-state index in [0.717, 1.165) is 16.7 Å². The minimum atomic E-state index is -0.895. The molecule has 0 saturated carbocycles. The van der Waals surface area contributed by atoms with Crippen molar-refractivity contribution in [3.63, 3.8) is 0 Å². The molecule has 0 radical (unpaired) electrons. The van der Waals surface area contributed by atoms with Crippen LogP contribution in [0.2, 0.25) is 0 Å². The van der Waals surface area contributed by atoms with Crippen molar-refractivity contribution in [1.82, 2.24) is 0 Å². The van der Waals surface area contributed by atoms with E-state index in [1.54, 1.807) is 24.3 Å². The SMILES string of the molecule is COC(=O)C=Cc1ccc(OCc2ccccc2)cc1OC(CCC(=O)O)c1ccccc1C. The van der Waals surface area contributed by atoms with Crippen molar-refractivity contribution < 1.29 is 28.9 Å². The molecule has 0 fully saturated rings. The summed E-state index contributed by atoms with van der Waals surface area (Å²) in [5.74, 6) is -0.315. The summed E-state index contributed by atoms with van der Waals surface area (Å²) >= 11 is 0. The third kappa shape index (κ3) is 7.24. The van der Waals surface area contributed by atoms with Crippen LogP contribution in [0, 0.1) is 6.92 Å². The van der Waals surface area contributed by atoms with Gasteiger partial charge < -0.3 is 19.3 Å². The van der Waals surface area contributed by atoms with Crippen LogP contribution in [-0.4, -0.2) is 24.2 Å². The van der Waals surface area contributed by atoms with E-state index in [9.17, 15) is 14.7 Å². The zero-order chi connectivity index (χ0) is 24.3. The lowest BCUT2D eigenvalue weighted by molar-refractivity contribution is -0.137. The predicted octanol–water partition coefficient (Wildman–Crippen LogP) is 5.75. The number of methoxy groups -OCH3 is 1. The Hall–Kier alpha value is -4.06. The van der Waals surface area contributed by atoms with E-state index in [4.69, 9.17) is 14.2 Å². The molecule has 34 heavy (non-hydrogen) atoms. The summed E-state index contributed by atoms with van der Waals surface area (Å²) in [4.78, 5) is 22.9. The third-order valence-corrected chi connectivity index (χ3v) is 5.26. The van der Waals surface area contributed by atoms with Crippen LogP contribution in [0.5, 0.6) is 11.5 Å². The minimum Gasteiger partial charge on any atom is -0.489 e. The van der Waals surface area contributed by atoms with Gasteiger partial charge in [0, 0.05) is 24.1 Å². The maximum absolute atomic E-state index is 11.6. The number of aryl methyl sites for hydroxylation is 1. The molecule has 3 aromatic carbocycles. The van der Waals surface area contributed by atoms with Crippen LogP contribution in [0.3, 0.4) is 0 Å². The van der Waals surface area contributed by atoms with Gasteiger partial charge in [0.2, 0.25) is 0 Å². The van der Waals surface area contributed by atoms with Gasteiger partial charge in [0.05, 0.1) is 7.11 Å². The smallest absolute Gasteiger partial charge is 0.330 e. The third-order valence-electron chi connectivity index (χ3n) is 5.26. The molecule has 0 saturated heterocycles. The summed E-state index contributed by atoms with van der Waals surface area (Å²) in [7, 11) is 1.31. The van der Waals surface area contributed by atoms with Crippen molar-refractivity contribution in [2.24, 2.45) is 0 Å². The molecule has 3 rings (SSSR count). The summed E-state index contributed by atoms with van der Waals surface area (Å²) in [6.07, 6.45) is 2.67. The van der Waals surface area contributed by atoms with Crippen LogP contribution in [0.25, 0.3) is 6.08 Å². The Bertz CT molecular complexity index is 1140. The van der Waals surface area contributed by atoms with Crippen LogP contribution in [-0.2, 0) is 20.9 Å². The molecule has 1 atom stereocenters. The Balaban J connectivity index is 1.92. The molecular formula is C28H28O6. The second-order valence-corrected chi connectivity index (χ2v) is 7.73. The van der Waals surface area contributed by atoms with Crippen LogP contribution >= 0.6 is 0 Å². The normalized spacial score (nSPS) is 11.7. The van der Waals surface area contributed by atoms with Crippen LogP contribution < -0.4 is 9.47 Å². The van der Waals surface area contributed by atoms with Gasteiger partial charge in [-0.05, 0) is 48.2 Å². The number of esters is 1. The largest absolute Gasteiger partial charge is 0.489 e. The Labute approximate surface area is 199 Å². The quantitative estimate of drug-likeness (QED) is 0.290. The Morgan fingerprint density at radius 3 is 2.44 bits per heavy atom. The fraction of sp³-hybridized carbons (Fsp3) is 0.214. The number of aliphatic carboxylic acids is 1. The highest BCUT2D eigenvalue weighted by Gasteiger charge is 2.19. The summed E-state index contributed by atoms with van der Waals surface area (Å²) in [6.45, 7) is 2.35. The van der Waals surface area contributed by atoms with E-state index < -0.39 is 18.0 Å². The first kappa shape index (κ1) is 24.6. The monoisotopic (exact) mass is 460 g/mol. The maximum atomic E-state index is 11.6. The van der Waals surface area contributed by atoms with Crippen molar-refractivity contribution >= 4 is 18.0 Å². The van der Waals surface area contributed by atoms with Crippen molar-refractivity contribution in [2.45, 2.75) is 32.5 Å². The van der Waals surface area contributed by atoms with Gasteiger partial charge >= 0.3 is 11.9 Å². The second-order valence-electron chi connectivity index (χ2n) is 7.73. The van der Waals surface area contributed by atoms with Crippen LogP contribution in [0.4, 0.5) is 0 Å². The highest BCUT2D eigenvalue weighted by Crippen LogP contribution is 2.33. The van der Waals surface area contributed by atoms with Gasteiger partial charge in [-0.15, -0.1) is 0 Å². The van der Waals surface area contributed by atoms with E-state index in [1.807, 2.05) is 61.5 Å². The first-order valence-electron chi connectivity index (χ1n) is 11.0. The number of rotatable bonds is 11.